The Hall–Kier alpha value is -0.120. The highest BCUT2D eigenvalue weighted by molar-refractivity contribution is 4.89. The van der Waals surface area contributed by atoms with E-state index in [2.05, 4.69) is 6.92 Å². The maximum atomic E-state index is 9.06. The van der Waals surface area contributed by atoms with Gasteiger partial charge in [0.2, 0.25) is 0 Å². The maximum Gasteiger partial charge on any atom is 0.0613 e. The van der Waals surface area contributed by atoms with Crippen LogP contribution in [0.3, 0.4) is 0 Å². The van der Waals surface area contributed by atoms with Crippen molar-refractivity contribution in [2.24, 2.45) is 5.73 Å². The molecule has 1 aliphatic heterocycles. The van der Waals surface area contributed by atoms with Crippen LogP contribution in [0.25, 0.3) is 0 Å². The van der Waals surface area contributed by atoms with Crippen LogP contribution in [0.5, 0.6) is 0 Å². The number of rotatable bonds is 3. The molecule has 1 heterocycles. The first-order valence-corrected chi connectivity index (χ1v) is 4.71. The maximum absolute atomic E-state index is 9.06. The molecule has 0 aliphatic carbocycles. The Morgan fingerprint density at radius 2 is 2.42 bits per heavy atom. The Balaban J connectivity index is 2.39. The molecule has 2 atom stereocenters. The number of ether oxygens (including phenoxy) is 1. The zero-order chi connectivity index (χ0) is 9.03. The molecule has 1 aliphatic rings. The fourth-order valence-electron chi connectivity index (χ4n) is 1.69. The van der Waals surface area contributed by atoms with Crippen LogP contribution >= 0.6 is 0 Å². The van der Waals surface area contributed by atoms with Gasteiger partial charge in [-0.15, -0.1) is 0 Å². The number of hydrogen-bond acceptors (Lipinski definition) is 3. The average Bonchev–Trinajstić information content (AvgIpc) is 2.05. The third-order valence-electron chi connectivity index (χ3n) is 2.51. The molecule has 0 spiro atoms. The van der Waals surface area contributed by atoms with Crippen LogP contribution in [-0.2, 0) is 4.74 Å². The predicted octanol–water partition coefficient (Wildman–Crippen LogP) is 0.655. The van der Waals surface area contributed by atoms with Crippen molar-refractivity contribution in [3.8, 4) is 0 Å². The molecule has 3 heteroatoms. The fraction of sp³-hybridized carbons (Fsp3) is 1.00. The molecule has 0 aromatic carbocycles. The average molecular weight is 173 g/mol. The van der Waals surface area contributed by atoms with Crippen molar-refractivity contribution in [2.75, 3.05) is 13.2 Å². The fourth-order valence-corrected chi connectivity index (χ4v) is 1.69. The van der Waals surface area contributed by atoms with Gasteiger partial charge in [0, 0.05) is 12.1 Å². The van der Waals surface area contributed by atoms with Gasteiger partial charge >= 0.3 is 0 Å². The number of nitrogens with two attached hydrogens (primary N) is 1. The molecule has 12 heavy (non-hydrogen) atoms. The van der Waals surface area contributed by atoms with E-state index in [1.807, 2.05) is 0 Å². The van der Waals surface area contributed by atoms with E-state index in [0.29, 0.717) is 6.61 Å². The second-order valence-electron chi connectivity index (χ2n) is 3.76. The summed E-state index contributed by atoms with van der Waals surface area (Å²) in [5.74, 6) is 0. The lowest BCUT2D eigenvalue weighted by Gasteiger charge is -2.36. The van der Waals surface area contributed by atoms with Crippen LogP contribution in [0.15, 0.2) is 0 Å². The van der Waals surface area contributed by atoms with Crippen LogP contribution in [0.2, 0.25) is 0 Å². The minimum Gasteiger partial charge on any atom is -0.394 e. The standard InChI is InChI=1S/C9H19NO2/c1-2-3-8-6-9(10,7-11)4-5-12-8/h8,11H,2-7,10H2,1H3. The van der Waals surface area contributed by atoms with E-state index in [9.17, 15) is 0 Å². The molecule has 0 bridgehead atoms. The highest BCUT2D eigenvalue weighted by atomic mass is 16.5. The molecule has 2 unspecified atom stereocenters. The Morgan fingerprint density at radius 1 is 1.67 bits per heavy atom. The molecule has 0 aromatic rings. The SMILES string of the molecule is CCCC1CC(N)(CO)CCO1. The molecular formula is C9H19NO2. The number of hydrogen-bond donors (Lipinski definition) is 2. The first-order chi connectivity index (χ1) is 5.70. The summed E-state index contributed by atoms with van der Waals surface area (Å²) in [6, 6.07) is 0. The molecule has 0 radical (unpaired) electrons. The Bertz CT molecular complexity index is 138. The lowest BCUT2D eigenvalue weighted by atomic mass is 9.87. The topological polar surface area (TPSA) is 55.5 Å². The van der Waals surface area contributed by atoms with Crippen molar-refractivity contribution in [3.05, 3.63) is 0 Å². The van der Waals surface area contributed by atoms with E-state index in [-0.39, 0.29) is 18.2 Å². The van der Waals surface area contributed by atoms with Crippen molar-refractivity contribution >= 4 is 0 Å². The molecule has 0 aromatic heterocycles. The van der Waals surface area contributed by atoms with Crippen molar-refractivity contribution < 1.29 is 9.84 Å². The predicted molar refractivity (Wildman–Crippen MR) is 47.9 cm³/mol. The van der Waals surface area contributed by atoms with E-state index in [4.69, 9.17) is 15.6 Å². The van der Waals surface area contributed by atoms with Gasteiger partial charge in [-0.1, -0.05) is 13.3 Å². The Kier molecular flexibility index (Phi) is 3.50. The summed E-state index contributed by atoms with van der Waals surface area (Å²) in [6.45, 7) is 2.91. The second-order valence-corrected chi connectivity index (χ2v) is 3.76. The van der Waals surface area contributed by atoms with E-state index in [1.165, 1.54) is 0 Å². The third kappa shape index (κ3) is 2.44. The zero-order valence-electron chi connectivity index (χ0n) is 7.75. The van der Waals surface area contributed by atoms with Gasteiger partial charge in [-0.25, -0.2) is 0 Å². The molecule has 1 fully saturated rings. The van der Waals surface area contributed by atoms with Gasteiger partial charge in [0.1, 0.15) is 0 Å². The Morgan fingerprint density at radius 3 is 3.00 bits per heavy atom. The molecular weight excluding hydrogens is 154 g/mol. The van der Waals surface area contributed by atoms with Gasteiger partial charge < -0.3 is 15.6 Å². The minimum atomic E-state index is -0.377. The molecule has 72 valence electrons. The van der Waals surface area contributed by atoms with Crippen LogP contribution in [0, 0.1) is 0 Å². The number of aliphatic hydroxyl groups excluding tert-OH is 1. The van der Waals surface area contributed by atoms with Gasteiger partial charge in [0.15, 0.2) is 0 Å². The molecule has 1 rings (SSSR count). The summed E-state index contributed by atoms with van der Waals surface area (Å²) in [6.07, 6.45) is 4.02. The molecule has 3 nitrogen and oxygen atoms in total. The minimum absolute atomic E-state index is 0.0799. The third-order valence-corrected chi connectivity index (χ3v) is 2.51. The van der Waals surface area contributed by atoms with Crippen molar-refractivity contribution in [1.82, 2.24) is 0 Å². The summed E-state index contributed by atoms with van der Waals surface area (Å²) in [5, 5.41) is 9.06. The van der Waals surface area contributed by atoms with Gasteiger partial charge in [-0.05, 0) is 19.3 Å². The second kappa shape index (κ2) is 4.21. The van der Waals surface area contributed by atoms with Crippen LogP contribution in [0.4, 0.5) is 0 Å². The molecule has 1 saturated heterocycles. The zero-order valence-corrected chi connectivity index (χ0v) is 7.75. The normalized spacial score (nSPS) is 36.8. The largest absolute Gasteiger partial charge is 0.394 e. The monoisotopic (exact) mass is 173 g/mol. The smallest absolute Gasteiger partial charge is 0.0613 e. The van der Waals surface area contributed by atoms with Crippen molar-refractivity contribution in [2.45, 2.75) is 44.2 Å². The van der Waals surface area contributed by atoms with Gasteiger partial charge in [-0.2, -0.15) is 0 Å². The van der Waals surface area contributed by atoms with E-state index in [0.717, 1.165) is 25.7 Å². The van der Waals surface area contributed by atoms with E-state index in [1.54, 1.807) is 0 Å². The lowest BCUT2D eigenvalue weighted by molar-refractivity contribution is -0.0361. The highest BCUT2D eigenvalue weighted by Gasteiger charge is 2.32. The van der Waals surface area contributed by atoms with Crippen LogP contribution in [-0.4, -0.2) is 30.0 Å². The summed E-state index contributed by atoms with van der Waals surface area (Å²) in [4.78, 5) is 0. The quantitative estimate of drug-likeness (QED) is 0.659. The van der Waals surface area contributed by atoms with E-state index >= 15 is 0 Å². The summed E-state index contributed by atoms with van der Waals surface area (Å²) in [5.41, 5.74) is 5.57. The summed E-state index contributed by atoms with van der Waals surface area (Å²) in [7, 11) is 0. The summed E-state index contributed by atoms with van der Waals surface area (Å²) >= 11 is 0. The molecule has 3 N–H and O–H groups in total. The Labute approximate surface area is 73.9 Å². The van der Waals surface area contributed by atoms with Crippen molar-refractivity contribution in [1.29, 1.82) is 0 Å². The number of aliphatic hydroxyl groups is 1. The first-order valence-electron chi connectivity index (χ1n) is 4.71. The lowest BCUT2D eigenvalue weighted by Crippen LogP contribution is -2.51. The van der Waals surface area contributed by atoms with Gasteiger partial charge in [0.25, 0.3) is 0 Å². The van der Waals surface area contributed by atoms with Gasteiger partial charge in [0.05, 0.1) is 12.7 Å². The van der Waals surface area contributed by atoms with Crippen molar-refractivity contribution in [3.63, 3.8) is 0 Å². The van der Waals surface area contributed by atoms with Gasteiger partial charge in [-0.3, -0.25) is 0 Å². The molecule has 0 amide bonds. The highest BCUT2D eigenvalue weighted by Crippen LogP contribution is 2.24. The van der Waals surface area contributed by atoms with E-state index < -0.39 is 0 Å². The van der Waals surface area contributed by atoms with Crippen LogP contribution < -0.4 is 5.73 Å². The summed E-state index contributed by atoms with van der Waals surface area (Å²) < 4.78 is 5.52. The molecule has 0 saturated carbocycles. The first kappa shape index (κ1) is 9.96. The van der Waals surface area contributed by atoms with Crippen LogP contribution in [0.1, 0.15) is 32.6 Å².